The summed E-state index contributed by atoms with van der Waals surface area (Å²) in [6, 6.07) is 0. The Balaban J connectivity index is 2.56. The summed E-state index contributed by atoms with van der Waals surface area (Å²) in [6.07, 6.45) is 3.11. The molecule has 7 heteroatoms. The third-order valence-electron chi connectivity index (χ3n) is 1.89. The second-order valence-electron chi connectivity index (χ2n) is 2.91. The molecule has 0 N–H and O–H groups in total. The predicted octanol–water partition coefficient (Wildman–Crippen LogP) is 2.32. The second kappa shape index (κ2) is 4.39. The summed E-state index contributed by atoms with van der Waals surface area (Å²) in [4.78, 5) is 19.4. The van der Waals surface area contributed by atoms with Crippen molar-refractivity contribution in [2.45, 2.75) is 6.92 Å². The fourth-order valence-corrected chi connectivity index (χ4v) is 1.83. The number of fused-ring (bicyclic) bond motifs is 1. The first kappa shape index (κ1) is 11.3. The Morgan fingerprint density at radius 3 is 3.12 bits per heavy atom. The predicted molar refractivity (Wildman–Crippen MR) is 61.7 cm³/mol. The van der Waals surface area contributed by atoms with Gasteiger partial charge in [0.25, 0.3) is 0 Å². The largest absolute Gasteiger partial charge is 0.461 e. The minimum absolute atomic E-state index is 0.151. The van der Waals surface area contributed by atoms with Crippen LogP contribution in [-0.2, 0) is 4.74 Å². The maximum absolute atomic E-state index is 11.5. The molecule has 0 atom stereocenters. The number of rotatable bonds is 2. The number of nitrogens with zero attached hydrogens (tertiary/aromatic N) is 3. The maximum atomic E-state index is 11.5. The minimum atomic E-state index is -0.507. The summed E-state index contributed by atoms with van der Waals surface area (Å²) in [5.41, 5.74) is 0.639. The van der Waals surface area contributed by atoms with E-state index in [1.54, 1.807) is 17.5 Å². The Labute approximate surface area is 105 Å². The highest BCUT2D eigenvalue weighted by Gasteiger charge is 2.14. The van der Waals surface area contributed by atoms with Crippen LogP contribution in [0.2, 0.25) is 5.15 Å². The van der Waals surface area contributed by atoms with Crippen LogP contribution in [-0.4, -0.2) is 26.9 Å². The summed E-state index contributed by atoms with van der Waals surface area (Å²) >= 11 is 9.18. The van der Waals surface area contributed by atoms with E-state index in [0.717, 1.165) is 0 Å². The van der Waals surface area contributed by atoms with E-state index in [-0.39, 0.29) is 10.8 Å². The van der Waals surface area contributed by atoms with Gasteiger partial charge in [0.15, 0.2) is 16.5 Å². The lowest BCUT2D eigenvalue weighted by atomic mass is 10.4. The molecule has 0 spiro atoms. The van der Waals surface area contributed by atoms with Gasteiger partial charge in [-0.2, -0.15) is 0 Å². The van der Waals surface area contributed by atoms with Crippen LogP contribution in [0.1, 0.15) is 17.4 Å². The van der Waals surface area contributed by atoms with E-state index in [4.69, 9.17) is 16.3 Å². The molecule has 0 saturated carbocycles. The number of imidazole rings is 1. The summed E-state index contributed by atoms with van der Waals surface area (Å²) in [7, 11) is 0. The molecule has 16 heavy (non-hydrogen) atoms. The zero-order chi connectivity index (χ0) is 11.7. The molecule has 0 saturated heterocycles. The van der Waals surface area contributed by atoms with Crippen LogP contribution in [0.4, 0.5) is 0 Å². The summed E-state index contributed by atoms with van der Waals surface area (Å²) < 4.78 is 7.16. The molecule has 2 aromatic rings. The summed E-state index contributed by atoms with van der Waals surface area (Å²) in [5.74, 6) is -0.507. The van der Waals surface area contributed by atoms with Gasteiger partial charge in [-0.1, -0.05) is 11.6 Å². The highest BCUT2D eigenvalue weighted by atomic mass is 79.9. The van der Waals surface area contributed by atoms with Crippen LogP contribution in [0.25, 0.3) is 5.65 Å². The fourth-order valence-electron chi connectivity index (χ4n) is 1.23. The molecule has 5 nitrogen and oxygen atoms in total. The molecule has 0 aliphatic rings. The second-order valence-corrected chi connectivity index (χ2v) is 4.08. The van der Waals surface area contributed by atoms with Crippen molar-refractivity contribution in [1.29, 1.82) is 0 Å². The van der Waals surface area contributed by atoms with Crippen molar-refractivity contribution in [3.05, 3.63) is 27.8 Å². The normalized spacial score (nSPS) is 10.7. The molecule has 2 rings (SSSR count). The molecular weight excluding hydrogens is 297 g/mol. The Kier molecular flexibility index (Phi) is 3.11. The number of ether oxygens (including phenoxy) is 1. The molecule has 0 unspecified atom stereocenters. The molecule has 0 aromatic carbocycles. The summed E-state index contributed by atoms with van der Waals surface area (Å²) in [5, 5.41) is 0.163. The quantitative estimate of drug-likeness (QED) is 0.799. The van der Waals surface area contributed by atoms with Gasteiger partial charge in [0, 0.05) is 6.20 Å². The van der Waals surface area contributed by atoms with Gasteiger partial charge in [0.05, 0.1) is 12.8 Å². The van der Waals surface area contributed by atoms with E-state index in [9.17, 15) is 4.79 Å². The molecule has 84 valence electrons. The highest BCUT2D eigenvalue weighted by molar-refractivity contribution is 9.10. The number of halogens is 2. The minimum Gasteiger partial charge on any atom is -0.461 e. The highest BCUT2D eigenvalue weighted by Crippen LogP contribution is 2.19. The SMILES string of the molecule is CCOC(=O)c1cn2c(Br)cnc2c(Cl)n1. The number of carbonyl (C=O) groups is 1. The Morgan fingerprint density at radius 1 is 1.69 bits per heavy atom. The van der Waals surface area contributed by atoms with Gasteiger partial charge in [0.2, 0.25) is 0 Å². The van der Waals surface area contributed by atoms with Crippen LogP contribution in [0, 0.1) is 0 Å². The Morgan fingerprint density at radius 2 is 2.44 bits per heavy atom. The number of aromatic nitrogens is 3. The van der Waals surface area contributed by atoms with Gasteiger partial charge in [-0.25, -0.2) is 14.8 Å². The number of esters is 1. The van der Waals surface area contributed by atoms with Crippen LogP contribution < -0.4 is 0 Å². The molecule has 2 heterocycles. The third kappa shape index (κ3) is 1.90. The van der Waals surface area contributed by atoms with E-state index in [0.29, 0.717) is 16.9 Å². The van der Waals surface area contributed by atoms with E-state index >= 15 is 0 Å². The van der Waals surface area contributed by atoms with Crippen molar-refractivity contribution < 1.29 is 9.53 Å². The van der Waals surface area contributed by atoms with Gasteiger partial charge in [0.1, 0.15) is 4.60 Å². The lowest BCUT2D eigenvalue weighted by Gasteiger charge is -2.03. The molecule has 0 bridgehead atoms. The average Bonchev–Trinajstić information content (AvgIpc) is 2.61. The fraction of sp³-hybridized carbons (Fsp3) is 0.222. The van der Waals surface area contributed by atoms with Crippen LogP contribution >= 0.6 is 27.5 Å². The lowest BCUT2D eigenvalue weighted by molar-refractivity contribution is 0.0519. The lowest BCUT2D eigenvalue weighted by Crippen LogP contribution is -2.09. The zero-order valence-corrected chi connectivity index (χ0v) is 10.6. The first-order chi connectivity index (χ1) is 7.63. The van der Waals surface area contributed by atoms with Crippen molar-refractivity contribution in [1.82, 2.24) is 14.4 Å². The Hall–Kier alpha value is -1.14. The standard InChI is InChI=1S/C9H7BrClN3O2/c1-2-16-9(15)5-4-14-6(10)3-12-8(14)7(11)13-5/h3-4H,2H2,1H3. The first-order valence-corrected chi connectivity index (χ1v) is 5.66. The molecule has 0 fully saturated rings. The average molecular weight is 305 g/mol. The molecule has 0 aliphatic carbocycles. The van der Waals surface area contributed by atoms with Crippen LogP contribution in [0.3, 0.4) is 0 Å². The van der Waals surface area contributed by atoms with Crippen molar-refractivity contribution in [2.24, 2.45) is 0 Å². The number of hydrogen-bond acceptors (Lipinski definition) is 4. The van der Waals surface area contributed by atoms with Crippen molar-refractivity contribution in [2.75, 3.05) is 6.61 Å². The van der Waals surface area contributed by atoms with E-state index in [1.165, 1.54) is 6.20 Å². The number of carbonyl (C=O) groups excluding carboxylic acids is 1. The maximum Gasteiger partial charge on any atom is 0.358 e. The monoisotopic (exact) mass is 303 g/mol. The van der Waals surface area contributed by atoms with Gasteiger partial charge in [-0.05, 0) is 22.9 Å². The van der Waals surface area contributed by atoms with E-state index in [2.05, 4.69) is 25.9 Å². The van der Waals surface area contributed by atoms with E-state index < -0.39 is 5.97 Å². The molecule has 0 amide bonds. The van der Waals surface area contributed by atoms with Gasteiger partial charge < -0.3 is 4.74 Å². The summed E-state index contributed by atoms with van der Waals surface area (Å²) in [6.45, 7) is 2.02. The van der Waals surface area contributed by atoms with E-state index in [1.807, 2.05) is 0 Å². The molecule has 0 aliphatic heterocycles. The number of hydrogen-bond donors (Lipinski definition) is 0. The third-order valence-corrected chi connectivity index (χ3v) is 2.73. The van der Waals surface area contributed by atoms with Crippen molar-refractivity contribution >= 4 is 39.1 Å². The van der Waals surface area contributed by atoms with Crippen molar-refractivity contribution in [3.63, 3.8) is 0 Å². The molecule has 0 radical (unpaired) electrons. The first-order valence-electron chi connectivity index (χ1n) is 4.49. The molecule has 2 aromatic heterocycles. The zero-order valence-electron chi connectivity index (χ0n) is 8.28. The smallest absolute Gasteiger partial charge is 0.358 e. The molecular formula is C9H7BrClN3O2. The van der Waals surface area contributed by atoms with Gasteiger partial charge in [-0.15, -0.1) is 0 Å². The van der Waals surface area contributed by atoms with Gasteiger partial charge in [-0.3, -0.25) is 4.40 Å². The van der Waals surface area contributed by atoms with Crippen LogP contribution in [0.5, 0.6) is 0 Å². The van der Waals surface area contributed by atoms with Crippen molar-refractivity contribution in [3.8, 4) is 0 Å². The Bertz CT molecular complexity index is 555. The topological polar surface area (TPSA) is 56.5 Å². The van der Waals surface area contributed by atoms with Gasteiger partial charge >= 0.3 is 5.97 Å². The van der Waals surface area contributed by atoms with Crippen LogP contribution in [0.15, 0.2) is 17.0 Å².